The monoisotopic (exact) mass is 507 g/mol. The first-order valence-electron chi connectivity index (χ1n) is 10.7. The fourth-order valence-electron chi connectivity index (χ4n) is 4.08. The summed E-state index contributed by atoms with van der Waals surface area (Å²) in [4.78, 5) is 16.5. The molecule has 0 aliphatic carbocycles. The molecule has 1 N–H and O–H groups in total. The van der Waals surface area contributed by atoms with Gasteiger partial charge in [0.2, 0.25) is 0 Å². The summed E-state index contributed by atoms with van der Waals surface area (Å²) in [6.07, 6.45) is -0.403. The number of benzene rings is 2. The molecule has 1 saturated heterocycles. The number of aliphatic hydroxyl groups is 1. The van der Waals surface area contributed by atoms with Gasteiger partial charge >= 0.3 is 6.09 Å². The van der Waals surface area contributed by atoms with E-state index in [9.17, 15) is 14.3 Å². The molecule has 1 heterocycles. The number of carbonyl (C=O) groups excluding carboxylic acids is 1. The van der Waals surface area contributed by atoms with Crippen molar-refractivity contribution in [2.45, 2.75) is 51.4 Å². The second-order valence-corrected chi connectivity index (χ2v) is 9.20. The first-order chi connectivity index (χ1) is 15.1. The summed E-state index contributed by atoms with van der Waals surface area (Å²) in [6, 6.07) is 14.9. The van der Waals surface area contributed by atoms with Crippen molar-refractivity contribution in [2.75, 3.05) is 19.7 Å². The van der Waals surface area contributed by atoms with Crippen molar-refractivity contribution in [1.29, 1.82) is 5.26 Å². The minimum atomic E-state index is -0.609. The number of hydrogen-bond donors (Lipinski definition) is 1. The molecule has 9 heteroatoms. The molecule has 6 nitrogen and oxygen atoms in total. The Bertz CT molecular complexity index is 975. The van der Waals surface area contributed by atoms with E-state index in [0.717, 1.165) is 11.1 Å². The molecule has 0 spiro atoms. The van der Waals surface area contributed by atoms with E-state index in [1.165, 1.54) is 12.1 Å². The molecule has 1 aliphatic heterocycles. The second-order valence-electron chi connectivity index (χ2n) is 9.20. The van der Waals surface area contributed by atoms with E-state index in [0.29, 0.717) is 18.7 Å². The van der Waals surface area contributed by atoms with E-state index in [-0.39, 0.29) is 57.5 Å². The number of carbonyl (C=O) groups is 1. The van der Waals surface area contributed by atoms with Crippen LogP contribution >= 0.6 is 27.0 Å². The third-order valence-corrected chi connectivity index (χ3v) is 5.60. The molecule has 0 saturated carbocycles. The summed E-state index contributed by atoms with van der Waals surface area (Å²) < 4.78 is 19.2. The standard InChI is InChI=1S/C25H30FN3O3.2H2S/c1-17-14-29(22(16-30)15-28(17)24(31)32-25(2,3)4)23(20-9-11-21(26)12-10-20)19-7-5-18(13-27)6-8-19;;/h5-12,17,22-23,30H,14-16H2,1-4H3;2*1H2/t17-,22-,23?;;/m0../s1. The smallest absolute Gasteiger partial charge is 0.410 e. The summed E-state index contributed by atoms with van der Waals surface area (Å²) in [7, 11) is 0. The fraction of sp³-hybridized carbons (Fsp3) is 0.440. The van der Waals surface area contributed by atoms with Gasteiger partial charge < -0.3 is 14.7 Å². The summed E-state index contributed by atoms with van der Waals surface area (Å²) in [5, 5.41) is 19.4. The van der Waals surface area contributed by atoms with Crippen LogP contribution in [0.15, 0.2) is 48.5 Å². The van der Waals surface area contributed by atoms with Crippen molar-refractivity contribution in [2.24, 2.45) is 0 Å². The number of hydrogen-bond acceptors (Lipinski definition) is 5. The number of nitriles is 1. The highest BCUT2D eigenvalue weighted by atomic mass is 32.1. The number of aliphatic hydroxyl groups excluding tert-OH is 1. The van der Waals surface area contributed by atoms with E-state index in [2.05, 4.69) is 11.0 Å². The van der Waals surface area contributed by atoms with Gasteiger partial charge in [-0.1, -0.05) is 24.3 Å². The highest BCUT2D eigenvalue weighted by Crippen LogP contribution is 2.34. The average molecular weight is 508 g/mol. The second kappa shape index (κ2) is 12.5. The molecule has 2 aromatic rings. The van der Waals surface area contributed by atoms with Crippen LogP contribution in [-0.2, 0) is 4.74 Å². The zero-order valence-corrected chi connectivity index (χ0v) is 22.0. The molecule has 34 heavy (non-hydrogen) atoms. The van der Waals surface area contributed by atoms with Gasteiger partial charge in [-0.2, -0.15) is 32.3 Å². The van der Waals surface area contributed by atoms with Crippen LogP contribution in [-0.4, -0.2) is 58.4 Å². The van der Waals surface area contributed by atoms with Crippen LogP contribution in [0.5, 0.6) is 0 Å². The molecule has 1 aliphatic rings. The Balaban J connectivity index is 0.00000289. The van der Waals surface area contributed by atoms with Gasteiger partial charge in [0.25, 0.3) is 0 Å². The topological polar surface area (TPSA) is 76.8 Å². The van der Waals surface area contributed by atoms with E-state index >= 15 is 0 Å². The average Bonchev–Trinajstić information content (AvgIpc) is 2.74. The minimum absolute atomic E-state index is 0. The third-order valence-electron chi connectivity index (χ3n) is 5.60. The zero-order chi connectivity index (χ0) is 23.5. The van der Waals surface area contributed by atoms with Crippen LogP contribution < -0.4 is 0 Å². The van der Waals surface area contributed by atoms with Crippen LogP contribution in [0.2, 0.25) is 0 Å². The Morgan fingerprint density at radius 1 is 1.12 bits per heavy atom. The number of amides is 1. The summed E-state index contributed by atoms with van der Waals surface area (Å²) in [5.74, 6) is -0.325. The van der Waals surface area contributed by atoms with Gasteiger partial charge in [-0.25, -0.2) is 9.18 Å². The molecule has 186 valence electrons. The predicted molar refractivity (Wildman–Crippen MR) is 140 cm³/mol. The first-order valence-corrected chi connectivity index (χ1v) is 10.7. The van der Waals surface area contributed by atoms with Crippen LogP contribution in [0, 0.1) is 17.1 Å². The van der Waals surface area contributed by atoms with E-state index in [1.807, 2.05) is 39.8 Å². The zero-order valence-electron chi connectivity index (χ0n) is 20.0. The normalized spacial score (nSPS) is 19.3. The lowest BCUT2D eigenvalue weighted by Gasteiger charge is -2.48. The molecule has 0 radical (unpaired) electrons. The van der Waals surface area contributed by atoms with Crippen LogP contribution in [0.3, 0.4) is 0 Å². The Morgan fingerprint density at radius 2 is 1.65 bits per heavy atom. The number of ether oxygens (including phenoxy) is 1. The van der Waals surface area contributed by atoms with E-state index < -0.39 is 11.7 Å². The van der Waals surface area contributed by atoms with Gasteiger partial charge in [0.1, 0.15) is 11.4 Å². The van der Waals surface area contributed by atoms with Crippen molar-refractivity contribution in [3.63, 3.8) is 0 Å². The van der Waals surface area contributed by atoms with Crippen molar-refractivity contribution in [3.05, 3.63) is 71.0 Å². The summed E-state index contributed by atoms with van der Waals surface area (Å²) >= 11 is 0. The molecule has 0 bridgehead atoms. The van der Waals surface area contributed by atoms with Crippen molar-refractivity contribution in [1.82, 2.24) is 9.80 Å². The van der Waals surface area contributed by atoms with E-state index in [4.69, 9.17) is 10.00 Å². The maximum Gasteiger partial charge on any atom is 0.410 e. The molecule has 1 unspecified atom stereocenters. The highest BCUT2D eigenvalue weighted by Gasteiger charge is 2.39. The molecule has 0 aromatic heterocycles. The van der Waals surface area contributed by atoms with Crippen molar-refractivity contribution < 1.29 is 19.0 Å². The molecule has 3 rings (SSSR count). The molecule has 1 fully saturated rings. The van der Waals surface area contributed by atoms with Crippen LogP contribution in [0.25, 0.3) is 0 Å². The molecule has 1 amide bonds. The lowest BCUT2D eigenvalue weighted by Crippen LogP contribution is -2.61. The minimum Gasteiger partial charge on any atom is -0.444 e. The molecule has 2 aromatic carbocycles. The lowest BCUT2D eigenvalue weighted by atomic mass is 9.93. The summed E-state index contributed by atoms with van der Waals surface area (Å²) in [5.41, 5.74) is 1.73. The molecular weight excluding hydrogens is 473 g/mol. The largest absolute Gasteiger partial charge is 0.444 e. The van der Waals surface area contributed by atoms with Gasteiger partial charge in [-0.15, -0.1) is 0 Å². The van der Waals surface area contributed by atoms with E-state index in [1.54, 1.807) is 29.2 Å². The fourth-order valence-corrected chi connectivity index (χ4v) is 4.08. The summed E-state index contributed by atoms with van der Waals surface area (Å²) in [6.45, 7) is 8.07. The van der Waals surface area contributed by atoms with Crippen molar-refractivity contribution in [3.8, 4) is 6.07 Å². The Hall–Kier alpha value is -2.25. The van der Waals surface area contributed by atoms with Gasteiger partial charge in [-0.05, 0) is 63.1 Å². The van der Waals surface area contributed by atoms with Crippen LogP contribution in [0.1, 0.15) is 50.4 Å². The van der Waals surface area contributed by atoms with Crippen molar-refractivity contribution >= 4 is 33.1 Å². The highest BCUT2D eigenvalue weighted by molar-refractivity contribution is 7.59. The molecular formula is C25H34FN3O3S2. The SMILES string of the molecule is C[C@H]1CN(C(c2ccc(F)cc2)c2ccc(C#N)cc2)[C@H](CO)CN1C(=O)OC(C)(C)C.S.S. The Morgan fingerprint density at radius 3 is 2.12 bits per heavy atom. The molecule has 3 atom stereocenters. The maximum atomic E-state index is 13.6. The number of nitrogens with zero attached hydrogens (tertiary/aromatic N) is 3. The Labute approximate surface area is 215 Å². The van der Waals surface area contributed by atoms with Gasteiger partial charge in [-0.3, -0.25) is 4.90 Å². The quantitative estimate of drug-likeness (QED) is 0.667. The van der Waals surface area contributed by atoms with Gasteiger partial charge in [0.05, 0.1) is 30.3 Å². The number of piperazine rings is 1. The number of rotatable bonds is 4. The van der Waals surface area contributed by atoms with Crippen LogP contribution in [0.4, 0.5) is 9.18 Å². The maximum absolute atomic E-state index is 13.6. The van der Waals surface area contributed by atoms with Gasteiger partial charge in [0.15, 0.2) is 0 Å². The Kier molecular flexibility index (Phi) is 10.9. The predicted octanol–water partition coefficient (Wildman–Crippen LogP) is 4.31. The van der Waals surface area contributed by atoms with Gasteiger partial charge in [0, 0.05) is 19.1 Å². The lowest BCUT2D eigenvalue weighted by molar-refractivity contribution is -0.0299. The third kappa shape index (κ3) is 7.12. The first kappa shape index (κ1) is 29.8. The number of halogens is 1.